The molecule has 2 aliphatic heterocycles. The van der Waals surface area contributed by atoms with E-state index in [2.05, 4.69) is 0 Å². The van der Waals surface area contributed by atoms with Crippen LogP contribution in [-0.4, -0.2) is 26.9 Å². The molecule has 0 N–H and O–H groups in total. The number of nitrogens with zero attached hydrogens (tertiary/aromatic N) is 2. The summed E-state index contributed by atoms with van der Waals surface area (Å²) in [5, 5.41) is 0. The summed E-state index contributed by atoms with van der Waals surface area (Å²) in [6.07, 6.45) is 3.86. The average Bonchev–Trinajstić information content (AvgIpc) is 3.46. The van der Waals surface area contributed by atoms with E-state index in [1.165, 1.54) is 16.4 Å². The topological polar surface area (TPSA) is 57.7 Å². The normalized spacial score (nSPS) is 21.1. The molecule has 3 aliphatic rings. The number of amides is 1. The Labute approximate surface area is 170 Å². The Morgan fingerprint density at radius 3 is 2.48 bits per heavy atom. The van der Waals surface area contributed by atoms with Crippen molar-refractivity contribution in [1.82, 2.24) is 0 Å². The molecule has 1 fully saturated rings. The molecule has 5 rings (SSSR count). The molecule has 2 heterocycles. The van der Waals surface area contributed by atoms with Gasteiger partial charge in [-0.25, -0.2) is 12.8 Å². The number of rotatable bonds is 3. The van der Waals surface area contributed by atoms with Crippen LogP contribution in [0.15, 0.2) is 41.3 Å². The van der Waals surface area contributed by atoms with E-state index < -0.39 is 10.0 Å². The first-order chi connectivity index (χ1) is 13.9. The zero-order valence-corrected chi connectivity index (χ0v) is 17.1. The van der Waals surface area contributed by atoms with Crippen LogP contribution in [-0.2, 0) is 27.7 Å². The average molecular weight is 415 g/mol. The van der Waals surface area contributed by atoms with E-state index in [1.807, 2.05) is 6.92 Å². The monoisotopic (exact) mass is 414 g/mol. The van der Waals surface area contributed by atoms with Crippen molar-refractivity contribution in [3.8, 4) is 0 Å². The minimum absolute atomic E-state index is 0.135. The highest BCUT2D eigenvalue weighted by atomic mass is 32.2. The van der Waals surface area contributed by atoms with Crippen LogP contribution in [0.3, 0.4) is 0 Å². The number of aryl methyl sites for hydroxylation is 1. The molecule has 1 atom stereocenters. The van der Waals surface area contributed by atoms with E-state index in [9.17, 15) is 17.6 Å². The third-order valence-corrected chi connectivity index (χ3v) is 8.13. The van der Waals surface area contributed by atoms with Gasteiger partial charge < -0.3 is 4.90 Å². The predicted octanol–water partition coefficient (Wildman–Crippen LogP) is 3.65. The Balaban J connectivity index is 1.52. The van der Waals surface area contributed by atoms with Crippen molar-refractivity contribution in [2.75, 3.05) is 15.7 Å². The molecule has 1 saturated carbocycles. The van der Waals surface area contributed by atoms with Gasteiger partial charge in [-0.3, -0.25) is 9.10 Å². The van der Waals surface area contributed by atoms with Gasteiger partial charge in [-0.2, -0.15) is 0 Å². The summed E-state index contributed by atoms with van der Waals surface area (Å²) < 4.78 is 42.1. The lowest BCUT2D eigenvalue weighted by Gasteiger charge is -2.36. The van der Waals surface area contributed by atoms with Gasteiger partial charge in [-0.1, -0.05) is 0 Å². The molecule has 2 aromatic carbocycles. The lowest BCUT2D eigenvalue weighted by atomic mass is 9.99. The molecule has 1 aliphatic carbocycles. The maximum absolute atomic E-state index is 13.7. The molecule has 29 heavy (non-hydrogen) atoms. The van der Waals surface area contributed by atoms with Crippen LogP contribution < -0.4 is 9.21 Å². The molecule has 1 unspecified atom stereocenters. The maximum Gasteiger partial charge on any atom is 0.264 e. The van der Waals surface area contributed by atoms with Gasteiger partial charge >= 0.3 is 0 Å². The first kappa shape index (κ1) is 18.6. The fourth-order valence-electron chi connectivity index (χ4n) is 4.49. The predicted molar refractivity (Wildman–Crippen MR) is 109 cm³/mol. The van der Waals surface area contributed by atoms with E-state index in [0.717, 1.165) is 24.1 Å². The first-order valence-electron chi connectivity index (χ1n) is 10.1. The molecule has 5 nitrogen and oxygen atoms in total. The second-order valence-corrected chi connectivity index (χ2v) is 10.1. The fraction of sp³-hybridized carbons (Fsp3) is 0.409. The van der Waals surface area contributed by atoms with Gasteiger partial charge in [0.15, 0.2) is 0 Å². The zero-order valence-electron chi connectivity index (χ0n) is 16.3. The van der Waals surface area contributed by atoms with Crippen molar-refractivity contribution in [2.24, 2.45) is 5.92 Å². The molecule has 0 spiro atoms. The highest BCUT2D eigenvalue weighted by Gasteiger charge is 2.38. The Bertz CT molecular complexity index is 1110. The van der Waals surface area contributed by atoms with Crippen LogP contribution in [0.2, 0.25) is 0 Å². The van der Waals surface area contributed by atoms with E-state index in [4.69, 9.17) is 0 Å². The summed E-state index contributed by atoms with van der Waals surface area (Å²) in [6.45, 7) is 2.49. The number of halogens is 1. The standard InChI is InChI=1S/C22H23FN2O3S/c1-14-2-3-16-12-18(23)6-8-21(16)25(14)29(27,28)19-7-9-20-17(13-19)10-11-24(20)22(26)15-4-5-15/h6-9,12-15H,2-5,10-11H2,1H3. The van der Waals surface area contributed by atoms with Crippen molar-refractivity contribution >= 4 is 27.3 Å². The Hall–Kier alpha value is -2.41. The number of carbonyl (C=O) groups excluding carboxylic acids is 1. The third-order valence-electron chi connectivity index (χ3n) is 6.21. The number of carbonyl (C=O) groups is 1. The number of anilines is 2. The third kappa shape index (κ3) is 3.03. The lowest BCUT2D eigenvalue weighted by Crippen LogP contribution is -2.42. The molecule has 0 saturated heterocycles. The zero-order chi connectivity index (χ0) is 20.3. The quantitative estimate of drug-likeness (QED) is 0.770. The number of hydrogen-bond acceptors (Lipinski definition) is 3. The summed E-state index contributed by atoms with van der Waals surface area (Å²) in [6, 6.07) is 9.14. The second-order valence-electron chi connectivity index (χ2n) is 8.27. The van der Waals surface area contributed by atoms with Crippen LogP contribution in [0.4, 0.5) is 15.8 Å². The Morgan fingerprint density at radius 1 is 1.00 bits per heavy atom. The van der Waals surface area contributed by atoms with Crippen molar-refractivity contribution in [3.63, 3.8) is 0 Å². The van der Waals surface area contributed by atoms with Gasteiger partial charge in [0.2, 0.25) is 5.91 Å². The lowest BCUT2D eigenvalue weighted by molar-refractivity contribution is -0.119. The minimum atomic E-state index is -3.79. The molecular formula is C22H23FN2O3S. The van der Waals surface area contributed by atoms with Crippen LogP contribution in [0.1, 0.15) is 37.3 Å². The molecule has 0 radical (unpaired) electrons. The highest BCUT2D eigenvalue weighted by Crippen LogP contribution is 2.39. The molecular weight excluding hydrogens is 391 g/mol. The van der Waals surface area contributed by atoms with Crippen LogP contribution >= 0.6 is 0 Å². The highest BCUT2D eigenvalue weighted by molar-refractivity contribution is 7.92. The van der Waals surface area contributed by atoms with Crippen LogP contribution in [0.5, 0.6) is 0 Å². The van der Waals surface area contributed by atoms with Crippen molar-refractivity contribution in [3.05, 3.63) is 53.3 Å². The number of hydrogen-bond donors (Lipinski definition) is 0. The first-order valence-corrected chi connectivity index (χ1v) is 11.6. The number of fused-ring (bicyclic) bond motifs is 2. The maximum atomic E-state index is 13.7. The summed E-state index contributed by atoms with van der Waals surface area (Å²) in [5.41, 5.74) is 2.99. The van der Waals surface area contributed by atoms with E-state index in [1.54, 1.807) is 29.2 Å². The minimum Gasteiger partial charge on any atom is -0.312 e. The summed E-state index contributed by atoms with van der Waals surface area (Å²) in [7, 11) is -3.79. The number of benzene rings is 2. The van der Waals surface area contributed by atoms with Crippen molar-refractivity contribution in [1.29, 1.82) is 0 Å². The SMILES string of the molecule is CC1CCc2cc(F)ccc2N1S(=O)(=O)c1ccc2c(c1)CCN2C(=O)C1CC1. The summed E-state index contributed by atoms with van der Waals surface area (Å²) in [5.74, 6) is -0.0657. The smallest absolute Gasteiger partial charge is 0.264 e. The molecule has 152 valence electrons. The van der Waals surface area contributed by atoms with E-state index >= 15 is 0 Å². The molecule has 2 aromatic rings. The number of sulfonamides is 1. The summed E-state index contributed by atoms with van der Waals surface area (Å²) in [4.78, 5) is 14.5. The van der Waals surface area contributed by atoms with Crippen molar-refractivity contribution in [2.45, 2.75) is 50.0 Å². The van der Waals surface area contributed by atoms with Gasteiger partial charge in [0, 0.05) is 24.2 Å². The largest absolute Gasteiger partial charge is 0.312 e. The van der Waals surface area contributed by atoms with Crippen LogP contribution in [0, 0.1) is 11.7 Å². The van der Waals surface area contributed by atoms with Gasteiger partial charge in [-0.05, 0) is 86.6 Å². The Morgan fingerprint density at radius 2 is 1.72 bits per heavy atom. The van der Waals surface area contributed by atoms with E-state index in [-0.39, 0.29) is 28.6 Å². The van der Waals surface area contributed by atoms with Gasteiger partial charge in [0.1, 0.15) is 5.82 Å². The molecule has 0 bridgehead atoms. The molecule has 1 amide bonds. The molecule has 0 aromatic heterocycles. The summed E-state index contributed by atoms with van der Waals surface area (Å²) >= 11 is 0. The van der Waals surface area contributed by atoms with Gasteiger partial charge in [-0.15, -0.1) is 0 Å². The fourth-order valence-corrected chi connectivity index (χ4v) is 6.26. The Kier molecular flexibility index (Phi) is 4.21. The van der Waals surface area contributed by atoms with Crippen LogP contribution in [0.25, 0.3) is 0 Å². The molecule has 7 heteroatoms. The van der Waals surface area contributed by atoms with Crippen molar-refractivity contribution < 1.29 is 17.6 Å². The van der Waals surface area contributed by atoms with E-state index in [0.29, 0.717) is 37.1 Å². The van der Waals surface area contributed by atoms with Gasteiger partial charge in [0.05, 0.1) is 10.6 Å². The second kappa shape index (κ2) is 6.55. The van der Waals surface area contributed by atoms with Gasteiger partial charge in [0.25, 0.3) is 10.0 Å².